The number of alkyl halides is 20. The van der Waals surface area contributed by atoms with E-state index in [4.69, 9.17) is 0 Å². The highest BCUT2D eigenvalue weighted by Crippen LogP contribution is 2.76. The molecule has 0 unspecified atom stereocenters. The Labute approximate surface area is 159 Å². The van der Waals surface area contributed by atoms with Crippen LogP contribution in [-0.4, -0.2) is 60.0 Å². The maximum absolute atomic E-state index is 14.4. The van der Waals surface area contributed by atoms with Gasteiger partial charge >= 0.3 is 54.3 Å². The van der Waals surface area contributed by atoms with Gasteiger partial charge in [-0.15, -0.1) is 22.0 Å². The van der Waals surface area contributed by atoms with Gasteiger partial charge in [-0.2, -0.15) is 61.5 Å². The molecule has 32 heavy (non-hydrogen) atoms. The zero-order valence-electron chi connectivity index (χ0n) is 13.4. The smallest absolute Gasteiger partial charge is 0.266 e. The van der Waals surface area contributed by atoms with Crippen LogP contribution in [0.25, 0.3) is 0 Å². The van der Waals surface area contributed by atoms with Crippen LogP contribution >= 0.6 is 0 Å². The van der Waals surface area contributed by atoms with Crippen LogP contribution in [0.1, 0.15) is 0 Å². The molecule has 0 radical (unpaired) electrons. The van der Waals surface area contributed by atoms with Crippen molar-refractivity contribution in [3.8, 4) is 0 Å². The number of halogens is 20. The van der Waals surface area contributed by atoms with Gasteiger partial charge in [-0.05, 0) is 0 Å². The molecule has 22 heteroatoms. The van der Waals surface area contributed by atoms with E-state index < -0.39 is 60.0 Å². The summed E-state index contributed by atoms with van der Waals surface area (Å²) in [6, 6.07) is 0. The molecule has 0 spiro atoms. The van der Waals surface area contributed by atoms with E-state index in [-0.39, 0.29) is 0 Å². The maximum atomic E-state index is 14.4. The van der Waals surface area contributed by atoms with Gasteiger partial charge in [-0.3, -0.25) is 4.74 Å². The Morgan fingerprint density at radius 2 is 0.688 bits per heavy atom. The lowest BCUT2D eigenvalue weighted by atomic mass is 9.76. The van der Waals surface area contributed by atoms with Gasteiger partial charge in [-0.1, -0.05) is 0 Å². The van der Waals surface area contributed by atoms with Gasteiger partial charge in [0.15, 0.2) is 0 Å². The lowest BCUT2D eigenvalue weighted by Crippen LogP contribution is -2.81. The third kappa shape index (κ3) is 3.17. The molecule has 0 amide bonds. The summed E-state index contributed by atoms with van der Waals surface area (Å²) >= 11 is 0. The first kappa shape index (κ1) is 28.6. The van der Waals surface area contributed by atoms with E-state index in [2.05, 4.69) is 0 Å². The third-order valence-corrected chi connectivity index (χ3v) is 3.84. The van der Waals surface area contributed by atoms with Crippen molar-refractivity contribution in [3.63, 3.8) is 0 Å². The van der Waals surface area contributed by atoms with Crippen molar-refractivity contribution in [2.75, 3.05) is 0 Å². The molecule has 1 aliphatic carbocycles. The first-order valence-corrected chi connectivity index (χ1v) is 6.60. The van der Waals surface area contributed by atoms with Crippen LogP contribution < -0.4 is 0 Å². The van der Waals surface area contributed by atoms with Crippen LogP contribution in [0.5, 0.6) is 0 Å². The summed E-state index contributed by atoms with van der Waals surface area (Å²) in [6.07, 6.45) is -32.0. The van der Waals surface area contributed by atoms with Gasteiger partial charge in [0, 0.05) is 0 Å². The summed E-state index contributed by atoms with van der Waals surface area (Å²) in [7, 11) is 0. The SMILES string of the molecule is FC(F)(F)OC(F)(F)OC(C(F)(F)F)(C(F)(F)F)C1(F)C(F)(F)C(F)(F)C(F)(F)C1(F)F. The maximum Gasteiger partial charge on any atom is 0.529 e. The molecule has 0 aromatic heterocycles. The van der Waals surface area contributed by atoms with Gasteiger partial charge in [0.05, 0.1) is 0 Å². The van der Waals surface area contributed by atoms with Crippen LogP contribution in [0.2, 0.25) is 0 Å². The molecule has 0 N–H and O–H groups in total. The Kier molecular flexibility index (Phi) is 5.85. The number of hydrogen-bond acceptors (Lipinski definition) is 2. The molecule has 0 heterocycles. The Morgan fingerprint density at radius 1 is 0.406 bits per heavy atom. The summed E-state index contributed by atoms with van der Waals surface area (Å²) in [6.45, 7) is 0. The molecule has 1 rings (SSSR count). The Bertz CT molecular complexity index is 684. The van der Waals surface area contributed by atoms with Gasteiger partial charge in [0.25, 0.3) is 5.67 Å². The monoisotopic (exact) mass is 532 g/mol. The molecule has 192 valence electrons. The second-order valence-electron chi connectivity index (χ2n) is 5.75. The first-order valence-electron chi connectivity index (χ1n) is 6.60. The molecule has 1 saturated carbocycles. The van der Waals surface area contributed by atoms with Crippen LogP contribution in [0.4, 0.5) is 87.8 Å². The average Bonchev–Trinajstić information content (AvgIpc) is 2.50. The molecule has 1 aliphatic rings. The molecular formula is C10F20O2. The molecule has 0 aliphatic heterocycles. The molecule has 0 aromatic rings. The summed E-state index contributed by atoms with van der Waals surface area (Å²) in [5.74, 6) is -33.5. The Balaban J connectivity index is 4.24. The van der Waals surface area contributed by atoms with Crippen LogP contribution in [0.15, 0.2) is 0 Å². The second kappa shape index (κ2) is 6.56. The second-order valence-corrected chi connectivity index (χ2v) is 5.75. The third-order valence-electron chi connectivity index (χ3n) is 3.84. The molecular weight excluding hydrogens is 532 g/mol. The zero-order valence-corrected chi connectivity index (χ0v) is 13.4. The molecule has 0 atom stereocenters. The molecule has 2 nitrogen and oxygen atoms in total. The van der Waals surface area contributed by atoms with Crippen molar-refractivity contribution in [2.24, 2.45) is 0 Å². The van der Waals surface area contributed by atoms with Crippen LogP contribution in [0, 0.1) is 0 Å². The molecule has 1 fully saturated rings. The topological polar surface area (TPSA) is 18.5 Å². The highest BCUT2D eigenvalue weighted by molar-refractivity contribution is 5.35. The van der Waals surface area contributed by atoms with Crippen LogP contribution in [-0.2, 0) is 9.47 Å². The van der Waals surface area contributed by atoms with E-state index in [1.54, 1.807) is 0 Å². The fourth-order valence-electron chi connectivity index (χ4n) is 2.54. The number of rotatable bonds is 4. The summed E-state index contributed by atoms with van der Waals surface area (Å²) in [4.78, 5) is 0. The minimum absolute atomic E-state index is 1.23. The van der Waals surface area contributed by atoms with Gasteiger partial charge in [0.2, 0.25) is 0 Å². The Hall–Kier alpha value is -1.48. The van der Waals surface area contributed by atoms with E-state index in [1.165, 1.54) is 9.47 Å². The average molecular weight is 532 g/mol. The Morgan fingerprint density at radius 3 is 0.906 bits per heavy atom. The van der Waals surface area contributed by atoms with Crippen molar-refractivity contribution < 1.29 is 97.3 Å². The predicted octanol–water partition coefficient (Wildman–Crippen LogP) is 6.22. The highest BCUT2D eigenvalue weighted by Gasteiger charge is 3.09. The summed E-state index contributed by atoms with van der Waals surface area (Å²) in [5, 5.41) is 0. The summed E-state index contributed by atoms with van der Waals surface area (Å²) < 4.78 is 263. The van der Waals surface area contributed by atoms with Crippen molar-refractivity contribution in [1.82, 2.24) is 0 Å². The van der Waals surface area contributed by atoms with Crippen LogP contribution in [0.3, 0.4) is 0 Å². The van der Waals surface area contributed by atoms with Crippen molar-refractivity contribution in [2.45, 2.75) is 60.0 Å². The largest absolute Gasteiger partial charge is 0.529 e. The minimum atomic E-state index is -8.95. The molecule has 0 bridgehead atoms. The quantitative estimate of drug-likeness (QED) is 0.317. The van der Waals surface area contributed by atoms with Gasteiger partial charge in [-0.25, -0.2) is 9.13 Å². The fraction of sp³-hybridized carbons (Fsp3) is 1.00. The van der Waals surface area contributed by atoms with Crippen molar-refractivity contribution >= 4 is 0 Å². The van der Waals surface area contributed by atoms with E-state index in [0.29, 0.717) is 0 Å². The highest BCUT2D eigenvalue weighted by atomic mass is 19.4. The fourth-order valence-corrected chi connectivity index (χ4v) is 2.54. The van der Waals surface area contributed by atoms with E-state index in [1.807, 2.05) is 0 Å². The summed E-state index contributed by atoms with van der Waals surface area (Å²) in [5.41, 5.74) is -17.8. The lowest BCUT2D eigenvalue weighted by Gasteiger charge is -2.48. The van der Waals surface area contributed by atoms with Gasteiger partial charge in [0.1, 0.15) is 0 Å². The van der Waals surface area contributed by atoms with E-state index >= 15 is 0 Å². The standard InChI is InChI=1S/C10F20O2/c11-1(3(12,13)5(16,17)6(18,19)4(1,14)15)2(7(20,21)22,8(23,24)25)31-10(29,30)32-9(26,27)28. The van der Waals surface area contributed by atoms with Gasteiger partial charge < -0.3 is 0 Å². The van der Waals surface area contributed by atoms with Crippen molar-refractivity contribution in [3.05, 3.63) is 0 Å². The lowest BCUT2D eigenvalue weighted by molar-refractivity contribution is -0.567. The number of ether oxygens (including phenoxy) is 2. The minimum Gasteiger partial charge on any atom is -0.266 e. The number of hydrogen-bond donors (Lipinski definition) is 0. The predicted molar refractivity (Wildman–Crippen MR) is 51.6 cm³/mol. The zero-order chi connectivity index (χ0) is 26.4. The van der Waals surface area contributed by atoms with Crippen molar-refractivity contribution in [1.29, 1.82) is 0 Å². The first-order chi connectivity index (χ1) is 13.4. The van der Waals surface area contributed by atoms with E-state index in [0.717, 1.165) is 0 Å². The molecule has 0 saturated heterocycles. The molecule has 0 aromatic carbocycles. The van der Waals surface area contributed by atoms with E-state index in [9.17, 15) is 87.8 Å². The normalized spacial score (nSPS) is 25.1.